The molecule has 0 unspecified atom stereocenters. The van der Waals surface area contributed by atoms with Crippen LogP contribution < -0.4 is 0 Å². The molecule has 0 aromatic carbocycles. The zero-order chi connectivity index (χ0) is 11.2. The van der Waals surface area contributed by atoms with Gasteiger partial charge in [-0.05, 0) is 0 Å². The second-order valence-electron chi connectivity index (χ2n) is 6.12. The first kappa shape index (κ1) is 13.2. The van der Waals surface area contributed by atoms with Crippen molar-refractivity contribution in [1.82, 2.24) is 0 Å². The minimum atomic E-state index is -0.652. The van der Waals surface area contributed by atoms with Gasteiger partial charge >= 0.3 is 110 Å². The average Bonchev–Trinajstić information content (AvgIpc) is 2.31. The molecule has 2 rings (SSSR count). The van der Waals surface area contributed by atoms with Crippen LogP contribution in [-0.2, 0) is 0 Å². The summed E-state index contributed by atoms with van der Waals surface area (Å²) in [7, 11) is 0. The molecule has 0 radical (unpaired) electrons. The molecule has 0 aliphatic heterocycles. The summed E-state index contributed by atoms with van der Waals surface area (Å²) in [6, 6.07) is 0. The molecule has 94 valence electrons. The van der Waals surface area contributed by atoms with Crippen LogP contribution in [0, 0.1) is 11.8 Å². The summed E-state index contributed by atoms with van der Waals surface area (Å²) in [5.41, 5.74) is 0. The average molecular weight is 337 g/mol. The number of rotatable bonds is 4. The van der Waals surface area contributed by atoms with Gasteiger partial charge in [0.25, 0.3) is 0 Å². The Morgan fingerprint density at radius 1 is 0.688 bits per heavy atom. The molecule has 2 saturated carbocycles. The van der Waals surface area contributed by atoms with Gasteiger partial charge in [0.15, 0.2) is 0 Å². The van der Waals surface area contributed by atoms with Gasteiger partial charge in [0, 0.05) is 0 Å². The van der Waals surface area contributed by atoms with Crippen LogP contribution in [0.3, 0.4) is 0 Å². The molecule has 0 atom stereocenters. The Balaban J connectivity index is 1.64. The van der Waals surface area contributed by atoms with Crippen LogP contribution >= 0.6 is 0 Å². The second kappa shape index (κ2) is 7.27. The van der Waals surface area contributed by atoms with E-state index in [-0.39, 0.29) is 0 Å². The third-order valence-corrected chi connectivity index (χ3v) is 10.4. The zero-order valence-electron chi connectivity index (χ0n) is 11.0. The van der Waals surface area contributed by atoms with E-state index in [0.29, 0.717) is 0 Å². The van der Waals surface area contributed by atoms with E-state index in [0.717, 1.165) is 0 Å². The summed E-state index contributed by atoms with van der Waals surface area (Å²) < 4.78 is 3.42. The van der Waals surface area contributed by atoms with E-state index >= 15 is 0 Å². The summed E-state index contributed by atoms with van der Waals surface area (Å²) in [4.78, 5) is 2.69. The van der Waals surface area contributed by atoms with E-state index in [2.05, 4.69) is 4.97 Å². The molecule has 0 nitrogen and oxygen atoms in total. The molecule has 2 aliphatic carbocycles. The van der Waals surface area contributed by atoms with Crippen LogP contribution in [0.1, 0.15) is 64.2 Å². The minimum absolute atomic E-state index is 0.652. The Kier molecular flexibility index (Phi) is 6.01. The van der Waals surface area contributed by atoms with Gasteiger partial charge in [-0.15, -0.1) is 0 Å². The van der Waals surface area contributed by atoms with Crippen molar-refractivity contribution < 1.29 is 0 Å². The molecule has 0 aromatic heterocycles. The van der Waals surface area contributed by atoms with Crippen molar-refractivity contribution in [3.05, 3.63) is 0 Å². The fourth-order valence-corrected chi connectivity index (χ4v) is 10.5. The van der Waals surface area contributed by atoms with Gasteiger partial charge in [0.05, 0.1) is 0 Å². The second-order valence-corrected chi connectivity index (χ2v) is 12.5. The predicted molar refractivity (Wildman–Crippen MR) is 74.4 cm³/mol. The molecular formula is C15H29Te+. The number of hydrogen-bond donors (Lipinski definition) is 0. The molecular weight excluding hydrogens is 308 g/mol. The summed E-state index contributed by atoms with van der Waals surface area (Å²) >= 11 is -0.652. The van der Waals surface area contributed by atoms with Gasteiger partial charge in [0.2, 0.25) is 0 Å². The molecule has 0 aromatic rings. The van der Waals surface area contributed by atoms with Crippen LogP contribution in [0.5, 0.6) is 0 Å². The van der Waals surface area contributed by atoms with Gasteiger partial charge < -0.3 is 0 Å². The van der Waals surface area contributed by atoms with E-state index in [9.17, 15) is 0 Å². The Bertz CT molecular complexity index is 158. The first-order chi connectivity index (χ1) is 7.84. The molecule has 1 heteroatoms. The van der Waals surface area contributed by atoms with Crippen molar-refractivity contribution in [2.45, 2.75) is 78.1 Å². The molecule has 2 fully saturated rings. The Hall–Kier alpha value is 0.790. The van der Waals surface area contributed by atoms with Crippen molar-refractivity contribution in [3.8, 4) is 0 Å². The Morgan fingerprint density at radius 2 is 1.06 bits per heavy atom. The van der Waals surface area contributed by atoms with Crippen molar-refractivity contribution in [1.29, 1.82) is 0 Å². The van der Waals surface area contributed by atoms with Gasteiger partial charge in [-0.25, -0.2) is 0 Å². The predicted octanol–water partition coefficient (Wildman–Crippen LogP) is 5.27. The molecule has 0 spiro atoms. The Morgan fingerprint density at radius 3 is 1.44 bits per heavy atom. The van der Waals surface area contributed by atoms with Gasteiger partial charge in [-0.3, -0.25) is 0 Å². The molecule has 2 aliphatic rings. The molecule has 16 heavy (non-hydrogen) atoms. The van der Waals surface area contributed by atoms with Gasteiger partial charge in [0.1, 0.15) is 0 Å². The Labute approximate surface area is 109 Å². The van der Waals surface area contributed by atoms with E-state index < -0.39 is 19.6 Å². The maximum absolute atomic E-state index is 2.69. The fraction of sp³-hybridized carbons (Fsp3) is 1.00. The van der Waals surface area contributed by atoms with E-state index in [4.69, 9.17) is 0 Å². The molecule has 0 amide bonds. The first-order valence-electron chi connectivity index (χ1n) is 7.44. The van der Waals surface area contributed by atoms with Crippen molar-refractivity contribution >= 4 is 19.6 Å². The maximum atomic E-state index is 2.69. The normalized spacial score (nSPS) is 25.1. The molecule has 0 bridgehead atoms. The number of hydrogen-bond acceptors (Lipinski definition) is 0. The van der Waals surface area contributed by atoms with Crippen molar-refractivity contribution in [3.63, 3.8) is 0 Å². The first-order valence-corrected chi connectivity index (χ1v) is 13.1. The summed E-state index contributed by atoms with van der Waals surface area (Å²) in [6.45, 7) is 0. The molecule has 0 N–H and O–H groups in total. The summed E-state index contributed by atoms with van der Waals surface area (Å²) in [6.07, 6.45) is 15.5. The zero-order valence-corrected chi connectivity index (χ0v) is 13.4. The van der Waals surface area contributed by atoms with Crippen LogP contribution in [0.4, 0.5) is 0 Å². The van der Waals surface area contributed by atoms with Crippen LogP contribution in [0.25, 0.3) is 0 Å². The van der Waals surface area contributed by atoms with E-state index in [1.54, 1.807) is 60.3 Å². The summed E-state index contributed by atoms with van der Waals surface area (Å²) in [5.74, 6) is 2.33. The summed E-state index contributed by atoms with van der Waals surface area (Å²) in [5, 5.41) is 0. The van der Waals surface area contributed by atoms with E-state index in [1.165, 1.54) is 24.7 Å². The quantitative estimate of drug-likeness (QED) is 0.613. The van der Waals surface area contributed by atoms with Crippen LogP contribution in [0.15, 0.2) is 0 Å². The third-order valence-electron chi connectivity index (χ3n) is 4.49. The molecule has 0 saturated heterocycles. The van der Waals surface area contributed by atoms with Gasteiger partial charge in [-0.1, -0.05) is 0 Å². The molecule has 0 heterocycles. The van der Waals surface area contributed by atoms with Crippen molar-refractivity contribution in [2.75, 3.05) is 0 Å². The topological polar surface area (TPSA) is 0 Å². The van der Waals surface area contributed by atoms with Crippen LogP contribution in [-0.4, -0.2) is 19.6 Å². The van der Waals surface area contributed by atoms with Gasteiger partial charge in [-0.2, -0.15) is 0 Å². The standard InChI is InChI=1S/C15H29Te/c1-16(12-14-8-4-2-5-9-14)13-15-10-6-3-7-11-15/h14-15H,2-13H2,1H3/q+1. The van der Waals surface area contributed by atoms with Crippen LogP contribution in [0.2, 0.25) is 13.9 Å². The van der Waals surface area contributed by atoms with Crippen molar-refractivity contribution in [2.24, 2.45) is 11.8 Å². The SMILES string of the molecule is C[Te+](CC1CCCCC1)CC1CCCCC1. The third kappa shape index (κ3) is 4.58. The fourth-order valence-electron chi connectivity index (χ4n) is 3.58. The van der Waals surface area contributed by atoms with E-state index in [1.807, 2.05) is 0 Å². The monoisotopic (exact) mass is 339 g/mol.